The predicted octanol–water partition coefficient (Wildman–Crippen LogP) is 5.51. The summed E-state index contributed by atoms with van der Waals surface area (Å²) in [4.78, 5) is 11.2. The molecule has 0 amide bonds. The number of para-hydroxylation sites is 1. The number of hydrogen-bond donors (Lipinski definition) is 2. The van der Waals surface area contributed by atoms with E-state index in [9.17, 15) is 4.79 Å². The number of carboxylic acids is 1. The Morgan fingerprint density at radius 2 is 1.81 bits per heavy atom. The highest BCUT2D eigenvalue weighted by Crippen LogP contribution is 2.38. The summed E-state index contributed by atoms with van der Waals surface area (Å²) in [6, 6.07) is 19.2. The Morgan fingerprint density at radius 3 is 2.66 bits per heavy atom. The standard InChI is InChI=1S/C26H21NO5/c27-13-16-4-3-6-17(10-16)21-12-22-19(15-32-26(22)20-8-9-30-25(20)21)14-31-23-7-2-1-5-18(23)11-24(28)29/h1-10,12,15H,11,13-14,27H2,(H,28,29). The molecule has 6 nitrogen and oxygen atoms in total. The van der Waals surface area contributed by atoms with Crippen LogP contribution in [0.25, 0.3) is 33.1 Å². The van der Waals surface area contributed by atoms with Gasteiger partial charge in [-0.1, -0.05) is 36.4 Å². The van der Waals surface area contributed by atoms with Crippen LogP contribution in [-0.4, -0.2) is 11.1 Å². The van der Waals surface area contributed by atoms with Crippen molar-refractivity contribution < 1.29 is 23.5 Å². The smallest absolute Gasteiger partial charge is 0.307 e. The summed E-state index contributed by atoms with van der Waals surface area (Å²) in [5.74, 6) is -0.356. The summed E-state index contributed by atoms with van der Waals surface area (Å²) in [5.41, 5.74) is 11.8. The van der Waals surface area contributed by atoms with Gasteiger partial charge < -0.3 is 24.4 Å². The van der Waals surface area contributed by atoms with E-state index in [1.165, 1.54) is 0 Å². The van der Waals surface area contributed by atoms with E-state index in [0.29, 0.717) is 17.9 Å². The van der Waals surface area contributed by atoms with Crippen molar-refractivity contribution >= 4 is 27.9 Å². The third kappa shape index (κ3) is 3.61. The Labute approximate surface area is 183 Å². The molecular weight excluding hydrogens is 406 g/mol. The number of furan rings is 2. The third-order valence-corrected chi connectivity index (χ3v) is 5.52. The van der Waals surface area contributed by atoms with Crippen LogP contribution in [-0.2, 0) is 24.4 Å². The van der Waals surface area contributed by atoms with E-state index in [1.807, 2.05) is 36.4 Å². The van der Waals surface area contributed by atoms with Crippen LogP contribution in [0.2, 0.25) is 0 Å². The lowest BCUT2D eigenvalue weighted by molar-refractivity contribution is -0.136. The van der Waals surface area contributed by atoms with Gasteiger partial charge in [0.1, 0.15) is 23.5 Å². The summed E-state index contributed by atoms with van der Waals surface area (Å²) in [6.45, 7) is 0.702. The molecule has 0 spiro atoms. The van der Waals surface area contributed by atoms with Crippen molar-refractivity contribution in [3.8, 4) is 16.9 Å². The summed E-state index contributed by atoms with van der Waals surface area (Å²) >= 11 is 0. The maximum absolute atomic E-state index is 11.2. The fraction of sp³-hybridized carbons (Fsp3) is 0.115. The van der Waals surface area contributed by atoms with Gasteiger partial charge in [-0.05, 0) is 35.4 Å². The van der Waals surface area contributed by atoms with E-state index < -0.39 is 5.97 Å². The number of carboxylic acid groups (broad SMARTS) is 1. The first-order valence-corrected chi connectivity index (χ1v) is 10.3. The molecule has 3 N–H and O–H groups in total. The van der Waals surface area contributed by atoms with Gasteiger partial charge in [0, 0.05) is 28.6 Å². The van der Waals surface area contributed by atoms with Crippen LogP contribution < -0.4 is 10.5 Å². The molecule has 0 aliphatic carbocycles. The Balaban J connectivity index is 1.55. The van der Waals surface area contributed by atoms with Gasteiger partial charge in [-0.3, -0.25) is 4.79 Å². The molecule has 0 aliphatic heterocycles. The van der Waals surface area contributed by atoms with Crippen LogP contribution in [0.15, 0.2) is 82.0 Å². The number of benzene rings is 3. The minimum Gasteiger partial charge on any atom is -0.488 e. The first kappa shape index (κ1) is 19.9. The number of nitrogens with two attached hydrogens (primary N) is 1. The monoisotopic (exact) mass is 427 g/mol. The lowest BCUT2D eigenvalue weighted by atomic mass is 9.98. The van der Waals surface area contributed by atoms with Crippen LogP contribution in [0, 0.1) is 0 Å². The van der Waals surface area contributed by atoms with Crippen molar-refractivity contribution in [1.82, 2.24) is 0 Å². The van der Waals surface area contributed by atoms with Gasteiger partial charge in [-0.25, -0.2) is 0 Å². The van der Waals surface area contributed by atoms with E-state index in [4.69, 9.17) is 24.4 Å². The molecule has 32 heavy (non-hydrogen) atoms. The Kier molecular flexibility index (Phi) is 5.13. The number of rotatable bonds is 7. The predicted molar refractivity (Wildman–Crippen MR) is 121 cm³/mol. The van der Waals surface area contributed by atoms with Gasteiger partial charge in [0.2, 0.25) is 0 Å². The molecule has 0 bridgehead atoms. The van der Waals surface area contributed by atoms with Gasteiger partial charge >= 0.3 is 5.97 Å². The lowest BCUT2D eigenvalue weighted by Gasteiger charge is -2.10. The molecule has 3 aromatic carbocycles. The highest BCUT2D eigenvalue weighted by Gasteiger charge is 2.17. The first-order chi connectivity index (χ1) is 15.6. The molecule has 2 heterocycles. The molecule has 5 rings (SSSR count). The second kappa shape index (κ2) is 8.24. The maximum Gasteiger partial charge on any atom is 0.307 e. The van der Waals surface area contributed by atoms with Gasteiger partial charge in [-0.15, -0.1) is 0 Å². The molecule has 0 atom stereocenters. The van der Waals surface area contributed by atoms with Crippen LogP contribution in [0.3, 0.4) is 0 Å². The Hall–Kier alpha value is -4.03. The highest BCUT2D eigenvalue weighted by atomic mass is 16.5. The number of fused-ring (bicyclic) bond motifs is 3. The average Bonchev–Trinajstić information content (AvgIpc) is 3.44. The van der Waals surface area contributed by atoms with Crippen LogP contribution >= 0.6 is 0 Å². The first-order valence-electron chi connectivity index (χ1n) is 10.3. The molecule has 0 fully saturated rings. The van der Waals surface area contributed by atoms with E-state index in [-0.39, 0.29) is 13.0 Å². The van der Waals surface area contributed by atoms with Gasteiger partial charge in [-0.2, -0.15) is 0 Å². The third-order valence-electron chi connectivity index (χ3n) is 5.52. The Bertz CT molecular complexity index is 1430. The van der Waals surface area contributed by atoms with E-state index in [1.54, 1.807) is 30.7 Å². The summed E-state index contributed by atoms with van der Waals surface area (Å²) in [5, 5.41) is 11.0. The van der Waals surface area contributed by atoms with Crippen molar-refractivity contribution in [3.05, 3.63) is 89.9 Å². The zero-order chi connectivity index (χ0) is 22.1. The van der Waals surface area contributed by atoms with Crippen LogP contribution in [0.5, 0.6) is 5.75 Å². The Morgan fingerprint density at radius 1 is 0.938 bits per heavy atom. The topological polar surface area (TPSA) is 98.8 Å². The molecular formula is C26H21NO5. The summed E-state index contributed by atoms with van der Waals surface area (Å²) < 4.78 is 17.7. The average molecular weight is 427 g/mol. The van der Waals surface area contributed by atoms with E-state index in [2.05, 4.69) is 6.07 Å². The minimum atomic E-state index is -0.901. The molecule has 0 saturated carbocycles. The number of aliphatic carboxylic acids is 1. The normalized spacial score (nSPS) is 11.3. The van der Waals surface area contributed by atoms with Crippen LogP contribution in [0.4, 0.5) is 0 Å². The van der Waals surface area contributed by atoms with Crippen LogP contribution in [0.1, 0.15) is 16.7 Å². The second-order valence-corrected chi connectivity index (χ2v) is 7.60. The lowest BCUT2D eigenvalue weighted by Crippen LogP contribution is -2.04. The zero-order valence-electron chi connectivity index (χ0n) is 17.2. The molecule has 0 aliphatic rings. The van der Waals surface area contributed by atoms with Crippen molar-refractivity contribution in [1.29, 1.82) is 0 Å². The maximum atomic E-state index is 11.2. The highest BCUT2D eigenvalue weighted by molar-refractivity contribution is 6.10. The number of hydrogen-bond acceptors (Lipinski definition) is 5. The molecule has 2 aromatic heterocycles. The van der Waals surface area contributed by atoms with Gasteiger partial charge in [0.25, 0.3) is 0 Å². The molecule has 6 heteroatoms. The largest absolute Gasteiger partial charge is 0.488 e. The quantitative estimate of drug-likeness (QED) is 0.355. The van der Waals surface area contributed by atoms with E-state index in [0.717, 1.165) is 44.2 Å². The zero-order valence-corrected chi connectivity index (χ0v) is 17.2. The second-order valence-electron chi connectivity index (χ2n) is 7.60. The molecule has 0 saturated heterocycles. The van der Waals surface area contributed by atoms with E-state index >= 15 is 0 Å². The van der Waals surface area contributed by atoms with Crippen molar-refractivity contribution in [2.24, 2.45) is 5.73 Å². The number of ether oxygens (including phenoxy) is 1. The van der Waals surface area contributed by atoms with Crippen molar-refractivity contribution in [2.75, 3.05) is 0 Å². The number of carbonyl (C=O) groups is 1. The van der Waals surface area contributed by atoms with Crippen molar-refractivity contribution in [2.45, 2.75) is 19.6 Å². The minimum absolute atomic E-state index is 0.0976. The fourth-order valence-electron chi connectivity index (χ4n) is 3.98. The molecule has 0 unspecified atom stereocenters. The summed E-state index contributed by atoms with van der Waals surface area (Å²) in [6.07, 6.45) is 3.23. The SMILES string of the molecule is NCc1cccc(-c2cc3c(COc4ccccc4CC(=O)O)coc3c3ccoc23)c1. The van der Waals surface area contributed by atoms with Gasteiger partial charge in [0.15, 0.2) is 0 Å². The summed E-state index contributed by atoms with van der Waals surface area (Å²) in [7, 11) is 0. The molecule has 160 valence electrons. The molecule has 5 aromatic rings. The molecule has 0 radical (unpaired) electrons. The van der Waals surface area contributed by atoms with Gasteiger partial charge in [0.05, 0.1) is 24.3 Å². The van der Waals surface area contributed by atoms with Crippen molar-refractivity contribution in [3.63, 3.8) is 0 Å². The fourth-order valence-corrected chi connectivity index (χ4v) is 3.98.